The predicted molar refractivity (Wildman–Crippen MR) is 82.7 cm³/mol. The Balaban J connectivity index is 0.00000225. The van der Waals surface area contributed by atoms with Gasteiger partial charge in [0.2, 0.25) is 0 Å². The van der Waals surface area contributed by atoms with E-state index in [0.717, 1.165) is 18.1 Å². The van der Waals surface area contributed by atoms with Crippen LogP contribution in [0.2, 0.25) is 0 Å². The molecule has 0 aromatic carbocycles. The van der Waals surface area contributed by atoms with E-state index in [0.29, 0.717) is 6.42 Å². The molecule has 1 aliphatic heterocycles. The lowest BCUT2D eigenvalue weighted by molar-refractivity contribution is -0.0780. The summed E-state index contributed by atoms with van der Waals surface area (Å²) < 4.78 is 0. The average molecular weight is 358 g/mol. The molecule has 0 spiro atoms. The Bertz CT molecular complexity index is 267. The third-order valence-electron chi connectivity index (χ3n) is 2.61. The van der Waals surface area contributed by atoms with Crippen LogP contribution in [0.4, 0.5) is 0 Å². The van der Waals surface area contributed by atoms with Crippen molar-refractivity contribution in [1.82, 2.24) is 4.90 Å². The van der Waals surface area contributed by atoms with E-state index in [1.165, 1.54) is 0 Å². The van der Waals surface area contributed by atoms with E-state index in [9.17, 15) is 5.11 Å². The number of hydrogen-bond donors (Lipinski definition) is 1. The SMILES string of the molecule is CCCN1C(SC)=NC(C)(C)CC1(C)O.I. The first-order valence-electron chi connectivity index (χ1n) is 5.46. The maximum Gasteiger partial charge on any atom is 0.161 e. The smallest absolute Gasteiger partial charge is 0.161 e. The van der Waals surface area contributed by atoms with Crippen LogP contribution >= 0.6 is 35.7 Å². The molecule has 0 fully saturated rings. The highest BCUT2D eigenvalue weighted by molar-refractivity contribution is 14.0. The van der Waals surface area contributed by atoms with E-state index in [2.05, 4.69) is 25.8 Å². The minimum atomic E-state index is -0.764. The van der Waals surface area contributed by atoms with Crippen LogP contribution in [-0.4, -0.2) is 39.2 Å². The molecule has 0 aromatic rings. The van der Waals surface area contributed by atoms with Crippen LogP contribution < -0.4 is 0 Å². The molecule has 1 heterocycles. The van der Waals surface area contributed by atoms with E-state index in [1.807, 2.05) is 18.1 Å². The molecule has 0 saturated heterocycles. The van der Waals surface area contributed by atoms with Gasteiger partial charge in [0.1, 0.15) is 5.72 Å². The highest BCUT2D eigenvalue weighted by Gasteiger charge is 2.41. The molecular weight excluding hydrogens is 335 g/mol. The maximum absolute atomic E-state index is 10.4. The monoisotopic (exact) mass is 358 g/mol. The molecule has 1 aliphatic rings. The molecule has 0 amide bonds. The lowest BCUT2D eigenvalue weighted by Crippen LogP contribution is -2.56. The van der Waals surface area contributed by atoms with Gasteiger partial charge in [-0.3, -0.25) is 4.99 Å². The number of halogens is 1. The van der Waals surface area contributed by atoms with Gasteiger partial charge in [0, 0.05) is 13.0 Å². The summed E-state index contributed by atoms with van der Waals surface area (Å²) in [4.78, 5) is 6.69. The zero-order chi connectivity index (χ0) is 11.7. The molecular formula is C11H23IN2OS. The fraction of sp³-hybridized carbons (Fsp3) is 0.909. The Morgan fingerprint density at radius 1 is 1.44 bits per heavy atom. The third kappa shape index (κ3) is 3.77. The van der Waals surface area contributed by atoms with Gasteiger partial charge in [0.05, 0.1) is 5.54 Å². The number of nitrogens with zero attached hydrogens (tertiary/aromatic N) is 2. The second-order valence-electron chi connectivity index (χ2n) is 4.96. The van der Waals surface area contributed by atoms with Gasteiger partial charge in [-0.15, -0.1) is 24.0 Å². The molecule has 3 nitrogen and oxygen atoms in total. The van der Waals surface area contributed by atoms with Crippen molar-refractivity contribution in [1.29, 1.82) is 0 Å². The van der Waals surface area contributed by atoms with Crippen LogP contribution in [0.15, 0.2) is 4.99 Å². The Morgan fingerprint density at radius 2 is 2.00 bits per heavy atom. The first-order chi connectivity index (χ1) is 6.82. The van der Waals surface area contributed by atoms with Crippen LogP contribution in [0.1, 0.15) is 40.5 Å². The van der Waals surface area contributed by atoms with Crippen molar-refractivity contribution < 1.29 is 5.11 Å². The van der Waals surface area contributed by atoms with Crippen LogP contribution in [0.3, 0.4) is 0 Å². The Hall–Kier alpha value is 0.510. The zero-order valence-corrected chi connectivity index (χ0v) is 13.9. The van der Waals surface area contributed by atoms with E-state index < -0.39 is 5.72 Å². The van der Waals surface area contributed by atoms with Crippen molar-refractivity contribution in [3.05, 3.63) is 0 Å². The van der Waals surface area contributed by atoms with Crippen molar-refractivity contribution in [2.75, 3.05) is 12.8 Å². The fourth-order valence-electron chi connectivity index (χ4n) is 2.20. The lowest BCUT2D eigenvalue weighted by atomic mass is 9.91. The topological polar surface area (TPSA) is 35.8 Å². The zero-order valence-electron chi connectivity index (χ0n) is 10.8. The first-order valence-corrected chi connectivity index (χ1v) is 6.69. The summed E-state index contributed by atoms with van der Waals surface area (Å²) in [5.74, 6) is 0. The molecule has 1 atom stereocenters. The number of rotatable bonds is 2. The van der Waals surface area contributed by atoms with Gasteiger partial charge in [-0.1, -0.05) is 18.7 Å². The quantitative estimate of drug-likeness (QED) is 0.771. The summed E-state index contributed by atoms with van der Waals surface area (Å²) in [7, 11) is 0. The lowest BCUT2D eigenvalue weighted by Gasteiger charge is -2.46. The standard InChI is InChI=1S/C11H22N2OS.HI/c1-6-7-13-9(15-5)12-10(2,3)8-11(13,4)14;/h14H,6-8H2,1-5H3;1H. The summed E-state index contributed by atoms with van der Waals surface area (Å²) in [6, 6.07) is 0. The Labute approximate surface area is 120 Å². The molecule has 0 saturated carbocycles. The molecule has 1 N–H and O–H groups in total. The molecule has 1 rings (SSSR count). The van der Waals surface area contributed by atoms with Gasteiger partial charge in [0.15, 0.2) is 5.17 Å². The highest BCUT2D eigenvalue weighted by atomic mass is 127. The molecule has 0 radical (unpaired) electrons. The molecule has 1 unspecified atom stereocenters. The van der Waals surface area contributed by atoms with Crippen LogP contribution in [-0.2, 0) is 0 Å². The van der Waals surface area contributed by atoms with Crippen molar-refractivity contribution in [2.24, 2.45) is 4.99 Å². The second-order valence-corrected chi connectivity index (χ2v) is 5.73. The first kappa shape index (κ1) is 16.5. The van der Waals surface area contributed by atoms with Crippen LogP contribution in [0.5, 0.6) is 0 Å². The number of thioether (sulfide) groups is 1. The second kappa shape index (κ2) is 5.91. The van der Waals surface area contributed by atoms with Gasteiger partial charge in [-0.25, -0.2) is 0 Å². The summed E-state index contributed by atoms with van der Waals surface area (Å²) in [6.07, 6.45) is 3.72. The molecule has 5 heteroatoms. The minimum Gasteiger partial charge on any atom is -0.371 e. The maximum atomic E-state index is 10.4. The van der Waals surface area contributed by atoms with Gasteiger partial charge in [-0.2, -0.15) is 0 Å². The molecule has 0 bridgehead atoms. The number of hydrogen-bond acceptors (Lipinski definition) is 4. The number of amidine groups is 1. The predicted octanol–water partition coefficient (Wildman–Crippen LogP) is 2.93. The molecule has 16 heavy (non-hydrogen) atoms. The molecule has 0 aliphatic carbocycles. The number of aliphatic hydroxyl groups is 1. The normalized spacial score (nSPS) is 28.4. The van der Waals surface area contributed by atoms with E-state index in [-0.39, 0.29) is 29.5 Å². The third-order valence-corrected chi connectivity index (χ3v) is 3.28. The largest absolute Gasteiger partial charge is 0.371 e. The Kier molecular flexibility index (Phi) is 6.10. The van der Waals surface area contributed by atoms with Crippen molar-refractivity contribution >= 4 is 40.9 Å². The van der Waals surface area contributed by atoms with Crippen LogP contribution in [0.25, 0.3) is 0 Å². The molecule has 96 valence electrons. The van der Waals surface area contributed by atoms with E-state index >= 15 is 0 Å². The van der Waals surface area contributed by atoms with Crippen LogP contribution in [0, 0.1) is 0 Å². The molecule has 0 aromatic heterocycles. The van der Waals surface area contributed by atoms with Gasteiger partial charge >= 0.3 is 0 Å². The number of aliphatic imine (C=N–C) groups is 1. The fourth-order valence-corrected chi connectivity index (χ4v) is 3.04. The summed E-state index contributed by atoms with van der Waals surface area (Å²) in [6.45, 7) is 9.01. The summed E-state index contributed by atoms with van der Waals surface area (Å²) >= 11 is 1.61. The summed E-state index contributed by atoms with van der Waals surface area (Å²) in [5.41, 5.74) is -0.925. The van der Waals surface area contributed by atoms with Crippen molar-refractivity contribution in [3.8, 4) is 0 Å². The summed E-state index contributed by atoms with van der Waals surface area (Å²) in [5, 5.41) is 11.4. The van der Waals surface area contributed by atoms with E-state index in [4.69, 9.17) is 0 Å². The van der Waals surface area contributed by atoms with Crippen molar-refractivity contribution in [3.63, 3.8) is 0 Å². The van der Waals surface area contributed by atoms with E-state index in [1.54, 1.807) is 11.8 Å². The Morgan fingerprint density at radius 3 is 2.44 bits per heavy atom. The minimum absolute atomic E-state index is 0. The van der Waals surface area contributed by atoms with Gasteiger partial charge in [0.25, 0.3) is 0 Å². The van der Waals surface area contributed by atoms with Gasteiger partial charge in [-0.05, 0) is 33.4 Å². The van der Waals surface area contributed by atoms with Gasteiger partial charge < -0.3 is 10.0 Å². The average Bonchev–Trinajstić information content (AvgIpc) is 2.07. The highest BCUT2D eigenvalue weighted by Crippen LogP contribution is 2.34. The van der Waals surface area contributed by atoms with Crippen molar-refractivity contribution in [2.45, 2.75) is 51.8 Å².